The van der Waals surface area contributed by atoms with Crippen molar-refractivity contribution in [2.45, 2.75) is 51.3 Å². The second-order valence-corrected chi connectivity index (χ2v) is 7.96. The quantitative estimate of drug-likeness (QED) is 0.632. The lowest BCUT2D eigenvalue weighted by Gasteiger charge is -2.39. The third-order valence-electron chi connectivity index (χ3n) is 3.27. The highest BCUT2D eigenvalue weighted by atomic mass is 32.2. The van der Waals surface area contributed by atoms with Crippen molar-refractivity contribution in [2.24, 2.45) is 0 Å². The van der Waals surface area contributed by atoms with E-state index in [1.807, 2.05) is 18.2 Å². The molecule has 23 heavy (non-hydrogen) atoms. The molecule has 1 fully saturated rings. The smallest absolute Gasteiger partial charge is 0.338 e. The normalized spacial score (nSPS) is 23.3. The van der Waals surface area contributed by atoms with Crippen LogP contribution in [0.4, 0.5) is 0 Å². The Labute approximate surface area is 138 Å². The number of carbonyl (C=O) groups is 1. The van der Waals surface area contributed by atoms with Gasteiger partial charge in [-0.25, -0.2) is 4.79 Å². The predicted molar refractivity (Wildman–Crippen MR) is 89.0 cm³/mol. The van der Waals surface area contributed by atoms with Crippen LogP contribution in [0.15, 0.2) is 30.3 Å². The first kappa shape index (κ1) is 19.6. The van der Waals surface area contributed by atoms with Crippen LogP contribution in [0.25, 0.3) is 0 Å². The van der Waals surface area contributed by atoms with E-state index in [1.165, 1.54) is 0 Å². The first-order valence-corrected chi connectivity index (χ1v) is 9.27. The molecule has 1 aromatic carbocycles. The van der Waals surface area contributed by atoms with E-state index in [0.717, 1.165) is 12.8 Å². The molecule has 1 aliphatic rings. The molecule has 1 heterocycles. The summed E-state index contributed by atoms with van der Waals surface area (Å²) >= 11 is 0. The lowest BCUT2D eigenvalue weighted by atomic mass is 9.87. The number of hydrogen-bond acceptors (Lipinski definition) is 5. The van der Waals surface area contributed by atoms with Crippen LogP contribution >= 0.6 is 0 Å². The zero-order valence-corrected chi connectivity index (χ0v) is 14.8. The molecule has 0 saturated carbocycles. The van der Waals surface area contributed by atoms with Crippen molar-refractivity contribution in [1.82, 2.24) is 5.32 Å². The van der Waals surface area contributed by atoms with Gasteiger partial charge in [-0.3, -0.25) is 4.55 Å². The average Bonchev–Trinajstić information content (AvgIpc) is 2.35. The maximum absolute atomic E-state index is 12.0. The molecule has 1 aromatic rings. The van der Waals surface area contributed by atoms with Crippen LogP contribution in [-0.2, 0) is 14.9 Å². The minimum Gasteiger partial charge on any atom is -0.459 e. The molecule has 0 aromatic heterocycles. The highest BCUT2D eigenvalue weighted by Crippen LogP contribution is 2.25. The van der Waals surface area contributed by atoms with Gasteiger partial charge in [-0.05, 0) is 39.3 Å². The Morgan fingerprint density at radius 1 is 1.30 bits per heavy atom. The Morgan fingerprint density at radius 3 is 2.30 bits per heavy atom. The fraction of sp³-hybridized carbons (Fsp3) is 0.562. The van der Waals surface area contributed by atoms with E-state index in [0.29, 0.717) is 17.9 Å². The molecule has 0 aliphatic carbocycles. The summed E-state index contributed by atoms with van der Waals surface area (Å²) in [6, 6.07) is 9.56. The van der Waals surface area contributed by atoms with Gasteiger partial charge in [-0.1, -0.05) is 18.2 Å². The Morgan fingerprint density at radius 2 is 1.83 bits per heavy atom. The minimum atomic E-state index is -3.67. The fourth-order valence-corrected chi connectivity index (χ4v) is 2.72. The van der Waals surface area contributed by atoms with E-state index in [-0.39, 0.29) is 17.6 Å². The molecule has 1 aliphatic heterocycles. The van der Waals surface area contributed by atoms with Gasteiger partial charge >= 0.3 is 5.97 Å². The van der Waals surface area contributed by atoms with E-state index in [2.05, 4.69) is 26.1 Å². The number of nitrogens with one attached hydrogen (secondary N) is 1. The first-order chi connectivity index (χ1) is 10.5. The van der Waals surface area contributed by atoms with Crippen molar-refractivity contribution >= 4 is 16.1 Å². The van der Waals surface area contributed by atoms with Crippen LogP contribution in [-0.4, -0.2) is 42.9 Å². The summed E-state index contributed by atoms with van der Waals surface area (Å²) in [6.07, 6.45) is 2.45. The zero-order valence-electron chi connectivity index (χ0n) is 13.9. The summed E-state index contributed by atoms with van der Waals surface area (Å²) in [7, 11) is -3.67. The van der Waals surface area contributed by atoms with Gasteiger partial charge in [0.05, 0.1) is 11.8 Å². The largest absolute Gasteiger partial charge is 0.459 e. The van der Waals surface area contributed by atoms with E-state index in [4.69, 9.17) is 9.29 Å². The van der Waals surface area contributed by atoms with Crippen molar-refractivity contribution in [2.75, 3.05) is 6.26 Å². The maximum atomic E-state index is 12.0. The van der Waals surface area contributed by atoms with Gasteiger partial charge < -0.3 is 10.1 Å². The summed E-state index contributed by atoms with van der Waals surface area (Å²) in [6.45, 7) is 6.42. The number of esters is 1. The van der Waals surface area contributed by atoms with E-state index in [9.17, 15) is 13.2 Å². The zero-order chi connectivity index (χ0) is 17.7. The maximum Gasteiger partial charge on any atom is 0.338 e. The van der Waals surface area contributed by atoms with E-state index in [1.54, 1.807) is 12.1 Å². The Balaban J connectivity index is 0.000000463. The Hall–Kier alpha value is -1.44. The minimum absolute atomic E-state index is 0.00366. The summed E-state index contributed by atoms with van der Waals surface area (Å²) in [4.78, 5) is 12.0. The Kier molecular flexibility index (Phi) is 6.73. The SMILES string of the molecule is CS(=O)(=O)O.C[C@H]1C[C@@H](OC(=O)c2ccccc2)CC(C)(C)N1. The highest BCUT2D eigenvalue weighted by molar-refractivity contribution is 7.85. The number of benzene rings is 1. The van der Waals surface area contributed by atoms with Gasteiger partial charge in [0.15, 0.2) is 0 Å². The third-order valence-corrected chi connectivity index (χ3v) is 3.27. The van der Waals surface area contributed by atoms with Gasteiger partial charge in [0.25, 0.3) is 10.1 Å². The van der Waals surface area contributed by atoms with Crippen molar-refractivity contribution in [3.05, 3.63) is 35.9 Å². The molecule has 1 saturated heterocycles. The van der Waals surface area contributed by atoms with Crippen LogP contribution in [0.1, 0.15) is 44.0 Å². The molecule has 2 N–H and O–H groups in total. The molecular formula is C16H25NO5S. The van der Waals surface area contributed by atoms with Gasteiger partial charge in [-0.15, -0.1) is 0 Å². The lowest BCUT2D eigenvalue weighted by molar-refractivity contribution is 0.00586. The molecule has 130 valence electrons. The first-order valence-electron chi connectivity index (χ1n) is 7.42. The van der Waals surface area contributed by atoms with Crippen LogP contribution in [0.3, 0.4) is 0 Å². The number of rotatable bonds is 2. The van der Waals surface area contributed by atoms with E-state index < -0.39 is 10.1 Å². The molecule has 0 unspecified atom stereocenters. The molecule has 0 amide bonds. The fourth-order valence-electron chi connectivity index (χ4n) is 2.72. The summed E-state index contributed by atoms with van der Waals surface area (Å²) in [5, 5.41) is 3.51. The Bertz CT molecular complexity index is 605. The van der Waals surface area contributed by atoms with Gasteiger partial charge in [-0.2, -0.15) is 8.42 Å². The van der Waals surface area contributed by atoms with E-state index >= 15 is 0 Å². The van der Waals surface area contributed by atoms with Crippen LogP contribution < -0.4 is 5.32 Å². The second-order valence-electron chi connectivity index (χ2n) is 6.50. The lowest BCUT2D eigenvalue weighted by Crippen LogP contribution is -2.53. The molecule has 0 radical (unpaired) electrons. The third kappa shape index (κ3) is 8.68. The summed E-state index contributed by atoms with van der Waals surface area (Å²) < 4.78 is 31.5. The number of carbonyl (C=O) groups excluding carboxylic acids is 1. The monoisotopic (exact) mass is 343 g/mol. The number of hydrogen-bond donors (Lipinski definition) is 2. The molecule has 2 atom stereocenters. The van der Waals surface area contributed by atoms with Crippen LogP contribution in [0, 0.1) is 0 Å². The number of ether oxygens (including phenoxy) is 1. The molecular weight excluding hydrogens is 318 g/mol. The molecule has 0 spiro atoms. The number of piperidine rings is 1. The van der Waals surface area contributed by atoms with Crippen molar-refractivity contribution in [3.8, 4) is 0 Å². The average molecular weight is 343 g/mol. The summed E-state index contributed by atoms with van der Waals surface area (Å²) in [5.74, 6) is -0.217. The van der Waals surface area contributed by atoms with Gasteiger partial charge in [0, 0.05) is 18.0 Å². The molecule has 0 bridgehead atoms. The van der Waals surface area contributed by atoms with Gasteiger partial charge in [0.1, 0.15) is 6.10 Å². The molecule has 2 rings (SSSR count). The standard InChI is InChI=1S/C15H21NO2.CH4O3S/c1-11-9-13(10-15(2,3)16-11)18-14(17)12-7-5-4-6-8-12;1-5(2,3)4/h4-8,11,13,16H,9-10H2,1-3H3;1H3,(H,2,3,4)/t11-,13+;/m0./s1. The van der Waals surface area contributed by atoms with Crippen molar-refractivity contribution in [3.63, 3.8) is 0 Å². The second kappa shape index (κ2) is 7.90. The van der Waals surface area contributed by atoms with Crippen molar-refractivity contribution in [1.29, 1.82) is 0 Å². The van der Waals surface area contributed by atoms with Crippen LogP contribution in [0.5, 0.6) is 0 Å². The summed E-state index contributed by atoms with van der Waals surface area (Å²) in [5.41, 5.74) is 0.653. The van der Waals surface area contributed by atoms with Crippen LogP contribution in [0.2, 0.25) is 0 Å². The van der Waals surface area contributed by atoms with Gasteiger partial charge in [0.2, 0.25) is 0 Å². The molecule has 6 nitrogen and oxygen atoms in total. The molecule has 7 heteroatoms. The predicted octanol–water partition coefficient (Wildman–Crippen LogP) is 2.27. The topological polar surface area (TPSA) is 92.7 Å². The highest BCUT2D eigenvalue weighted by Gasteiger charge is 2.33. The van der Waals surface area contributed by atoms with Crippen molar-refractivity contribution < 1.29 is 22.5 Å².